The molecule has 1 aliphatic rings. The second-order valence-electron chi connectivity index (χ2n) is 3.37. The normalized spacial score (nSPS) is 12.6. The Morgan fingerprint density at radius 1 is 0.950 bits per heavy atom. The quantitative estimate of drug-likeness (QED) is 0.609. The molecule has 20 heavy (non-hydrogen) atoms. The molecule has 2 rings (SSSR count). The van der Waals surface area contributed by atoms with Gasteiger partial charge >= 0.3 is 10.4 Å². The lowest BCUT2D eigenvalue weighted by Crippen LogP contribution is -2.10. The predicted octanol–water partition coefficient (Wildman–Crippen LogP) is 0.968. The van der Waals surface area contributed by atoms with Crippen LogP contribution in [0.2, 0.25) is 0 Å². The van der Waals surface area contributed by atoms with Gasteiger partial charge in [-0.15, -0.1) is 0 Å². The van der Waals surface area contributed by atoms with Crippen molar-refractivity contribution in [1.29, 1.82) is 0 Å². The smallest absolute Gasteiger partial charge is 0.394 e. The van der Waals surface area contributed by atoms with E-state index < -0.39 is 10.4 Å². The van der Waals surface area contributed by atoms with Gasteiger partial charge in [-0.3, -0.25) is 18.7 Å². The molecular weight excluding hydrogens is 288 g/mol. The van der Waals surface area contributed by atoms with E-state index in [4.69, 9.17) is 22.6 Å². The van der Waals surface area contributed by atoms with Gasteiger partial charge in [0, 0.05) is 17.7 Å². The van der Waals surface area contributed by atoms with E-state index in [1.165, 1.54) is 12.2 Å². The Kier molecular flexibility index (Phi) is 7.55. The topological polar surface area (TPSA) is 129 Å². The summed E-state index contributed by atoms with van der Waals surface area (Å²) < 4.78 is 31.6. The second-order valence-corrected chi connectivity index (χ2v) is 4.27. The molecule has 1 aromatic carbocycles. The van der Waals surface area contributed by atoms with Crippen LogP contribution in [0.25, 0.3) is 0 Å². The fourth-order valence-electron chi connectivity index (χ4n) is 1.24. The summed E-state index contributed by atoms with van der Waals surface area (Å²) >= 11 is 0. The third-order valence-corrected chi connectivity index (χ3v) is 1.84. The van der Waals surface area contributed by atoms with E-state index in [0.29, 0.717) is 11.1 Å². The molecule has 8 heteroatoms. The summed E-state index contributed by atoms with van der Waals surface area (Å²) in [5.74, 6) is -0.185. The molecule has 1 aliphatic carbocycles. The summed E-state index contributed by atoms with van der Waals surface area (Å²) in [6.45, 7) is 1.93. The molecule has 0 fully saturated rings. The van der Waals surface area contributed by atoms with Crippen molar-refractivity contribution in [3.63, 3.8) is 0 Å². The average Bonchev–Trinajstić information content (AvgIpc) is 2.33. The van der Waals surface area contributed by atoms with Gasteiger partial charge in [0.05, 0.1) is 0 Å². The van der Waals surface area contributed by atoms with Crippen LogP contribution in [0.4, 0.5) is 0 Å². The van der Waals surface area contributed by atoms with Gasteiger partial charge in [-0.2, -0.15) is 8.42 Å². The Labute approximate surface area is 116 Å². The third kappa shape index (κ3) is 7.54. The van der Waals surface area contributed by atoms with Crippen molar-refractivity contribution in [3.05, 3.63) is 47.5 Å². The molecule has 0 atom stereocenters. The molecule has 0 saturated heterocycles. The number of fused-ring (bicyclic) bond motifs is 1. The number of hydrogen-bond donors (Lipinski definition) is 3. The first-order valence-electron chi connectivity index (χ1n) is 5.37. The Balaban J connectivity index is 0.000000382. The van der Waals surface area contributed by atoms with E-state index in [0.717, 1.165) is 0 Å². The number of benzene rings is 1. The molecular formula is C12H14O7S. The Hall–Kier alpha value is -1.87. The van der Waals surface area contributed by atoms with Crippen LogP contribution in [-0.4, -0.2) is 40.8 Å². The highest BCUT2D eigenvalue weighted by atomic mass is 32.3. The molecule has 110 valence electrons. The van der Waals surface area contributed by atoms with Gasteiger partial charge in [-0.1, -0.05) is 24.3 Å². The lowest BCUT2D eigenvalue weighted by Gasteiger charge is -2.06. The minimum absolute atomic E-state index is 0.0924. The number of rotatable bonds is 0. The van der Waals surface area contributed by atoms with Crippen LogP contribution in [-0.2, 0) is 10.4 Å². The average molecular weight is 302 g/mol. The molecule has 0 aromatic heterocycles. The monoisotopic (exact) mass is 302 g/mol. The van der Waals surface area contributed by atoms with Crippen molar-refractivity contribution in [2.45, 2.75) is 6.92 Å². The summed E-state index contributed by atoms with van der Waals surface area (Å²) in [5, 5.41) is 7.57. The molecule has 0 bridgehead atoms. The molecule has 0 amide bonds. The fraction of sp³-hybridized carbons (Fsp3) is 0.167. The SMILES string of the molecule is CCO.O=C1C=CC(=O)c2ccccc21.O=S(=O)(O)O. The van der Waals surface area contributed by atoms with Gasteiger partial charge in [0.15, 0.2) is 11.6 Å². The van der Waals surface area contributed by atoms with Gasteiger partial charge in [-0.25, -0.2) is 0 Å². The van der Waals surface area contributed by atoms with E-state index in [1.54, 1.807) is 31.2 Å². The Bertz CT molecular complexity index is 557. The summed E-state index contributed by atoms with van der Waals surface area (Å²) in [5.41, 5.74) is 1.01. The summed E-state index contributed by atoms with van der Waals surface area (Å²) in [6, 6.07) is 6.84. The van der Waals surface area contributed by atoms with E-state index >= 15 is 0 Å². The van der Waals surface area contributed by atoms with Gasteiger partial charge in [0.2, 0.25) is 0 Å². The third-order valence-electron chi connectivity index (χ3n) is 1.84. The van der Waals surface area contributed by atoms with Crippen LogP contribution in [0.15, 0.2) is 36.4 Å². The molecule has 0 aliphatic heterocycles. The summed E-state index contributed by atoms with van der Waals surface area (Å²) in [7, 11) is -4.67. The van der Waals surface area contributed by atoms with Crippen LogP contribution in [0.1, 0.15) is 27.6 Å². The standard InChI is InChI=1S/C10H6O2.C2H6O.H2O4S/c11-9-5-6-10(12)8-4-2-1-3-7(8)9;1-2-3;1-5(2,3)4/h1-6H;3H,2H2,1H3;(H2,1,2,3,4). The van der Waals surface area contributed by atoms with Crippen LogP contribution in [0.3, 0.4) is 0 Å². The van der Waals surface area contributed by atoms with Gasteiger partial charge < -0.3 is 5.11 Å². The molecule has 3 N–H and O–H groups in total. The number of aliphatic hydroxyl groups is 1. The van der Waals surface area contributed by atoms with Crippen molar-refractivity contribution < 1.29 is 32.2 Å². The lowest BCUT2D eigenvalue weighted by molar-refractivity contribution is 0.0994. The van der Waals surface area contributed by atoms with Crippen LogP contribution >= 0.6 is 0 Å². The Morgan fingerprint density at radius 2 is 1.20 bits per heavy atom. The van der Waals surface area contributed by atoms with Crippen LogP contribution < -0.4 is 0 Å². The molecule has 0 saturated carbocycles. The molecule has 0 heterocycles. The van der Waals surface area contributed by atoms with E-state index in [2.05, 4.69) is 0 Å². The molecule has 0 radical (unpaired) electrons. The largest absolute Gasteiger partial charge is 0.397 e. The van der Waals surface area contributed by atoms with Crippen LogP contribution in [0.5, 0.6) is 0 Å². The number of allylic oxidation sites excluding steroid dienone is 2. The zero-order chi connectivity index (χ0) is 15.8. The number of carbonyl (C=O) groups excluding carboxylic acids is 2. The lowest BCUT2D eigenvalue weighted by atomic mass is 9.95. The van der Waals surface area contributed by atoms with Gasteiger partial charge in [0.1, 0.15) is 0 Å². The summed E-state index contributed by atoms with van der Waals surface area (Å²) in [6.07, 6.45) is 2.62. The van der Waals surface area contributed by atoms with Crippen LogP contribution in [0, 0.1) is 0 Å². The summed E-state index contributed by atoms with van der Waals surface area (Å²) in [4.78, 5) is 22.4. The highest BCUT2D eigenvalue weighted by molar-refractivity contribution is 7.79. The van der Waals surface area contributed by atoms with Crippen molar-refractivity contribution in [2.24, 2.45) is 0 Å². The number of hydrogen-bond acceptors (Lipinski definition) is 5. The highest BCUT2D eigenvalue weighted by Crippen LogP contribution is 2.15. The van der Waals surface area contributed by atoms with Crippen molar-refractivity contribution in [3.8, 4) is 0 Å². The zero-order valence-electron chi connectivity index (χ0n) is 10.6. The maximum absolute atomic E-state index is 11.2. The molecule has 7 nitrogen and oxygen atoms in total. The first kappa shape index (κ1) is 18.1. The van der Waals surface area contributed by atoms with E-state index in [-0.39, 0.29) is 18.2 Å². The highest BCUT2D eigenvalue weighted by Gasteiger charge is 2.16. The number of ketones is 2. The number of carbonyl (C=O) groups is 2. The van der Waals surface area contributed by atoms with Gasteiger partial charge in [0.25, 0.3) is 0 Å². The van der Waals surface area contributed by atoms with E-state index in [9.17, 15) is 9.59 Å². The van der Waals surface area contributed by atoms with Crippen molar-refractivity contribution in [1.82, 2.24) is 0 Å². The van der Waals surface area contributed by atoms with Gasteiger partial charge in [-0.05, 0) is 19.1 Å². The number of aliphatic hydroxyl groups excluding tert-OH is 1. The first-order chi connectivity index (χ1) is 9.20. The second kappa shape index (κ2) is 8.33. The molecule has 0 unspecified atom stereocenters. The van der Waals surface area contributed by atoms with E-state index in [1.807, 2.05) is 0 Å². The first-order valence-corrected chi connectivity index (χ1v) is 6.77. The van der Waals surface area contributed by atoms with Crippen molar-refractivity contribution >= 4 is 22.0 Å². The Morgan fingerprint density at radius 3 is 1.45 bits per heavy atom. The zero-order valence-corrected chi connectivity index (χ0v) is 11.4. The molecule has 0 spiro atoms. The minimum Gasteiger partial charge on any atom is -0.397 e. The predicted molar refractivity (Wildman–Crippen MR) is 71.2 cm³/mol. The maximum Gasteiger partial charge on any atom is 0.394 e. The van der Waals surface area contributed by atoms with Crippen molar-refractivity contribution in [2.75, 3.05) is 6.61 Å². The molecule has 1 aromatic rings. The minimum atomic E-state index is -4.67. The fourth-order valence-corrected chi connectivity index (χ4v) is 1.24. The maximum atomic E-state index is 11.2.